The van der Waals surface area contributed by atoms with E-state index in [0.29, 0.717) is 26.1 Å². The van der Waals surface area contributed by atoms with Crippen molar-refractivity contribution >= 4 is 0 Å². The van der Waals surface area contributed by atoms with Gasteiger partial charge in [0, 0.05) is 18.6 Å². The maximum absolute atomic E-state index is 11.6. The highest BCUT2D eigenvalue weighted by Crippen LogP contribution is 2.48. The number of nitrogens with zero attached hydrogens (tertiary/aromatic N) is 2. The van der Waals surface area contributed by atoms with E-state index >= 15 is 0 Å². The van der Waals surface area contributed by atoms with Crippen molar-refractivity contribution in [2.24, 2.45) is 0 Å². The van der Waals surface area contributed by atoms with Gasteiger partial charge in [0.15, 0.2) is 0 Å². The molecule has 0 aromatic heterocycles. The van der Waals surface area contributed by atoms with Crippen LogP contribution in [0.5, 0.6) is 0 Å². The maximum Gasteiger partial charge on any atom is 0.0928 e. The number of ether oxygens (including phenoxy) is 1. The highest BCUT2D eigenvalue weighted by molar-refractivity contribution is 5.41. The van der Waals surface area contributed by atoms with E-state index in [2.05, 4.69) is 35.2 Å². The molecule has 4 nitrogen and oxygen atoms in total. The number of fused-ring (bicyclic) bond motifs is 2. The molecule has 2 bridgehead atoms. The van der Waals surface area contributed by atoms with Gasteiger partial charge in [0.1, 0.15) is 0 Å². The predicted molar refractivity (Wildman–Crippen MR) is 106 cm³/mol. The van der Waals surface area contributed by atoms with E-state index in [-0.39, 0.29) is 17.5 Å². The van der Waals surface area contributed by atoms with Crippen molar-refractivity contribution in [3.8, 4) is 6.07 Å². The number of morpholine rings is 1. The van der Waals surface area contributed by atoms with Crippen LogP contribution in [0.15, 0.2) is 54.6 Å². The summed E-state index contributed by atoms with van der Waals surface area (Å²) < 4.78 is 5.83. The Labute approximate surface area is 166 Å². The second-order valence-corrected chi connectivity index (χ2v) is 8.71. The Hall–Kier alpha value is -2.19. The molecular weight excluding hydrogens is 348 g/mol. The van der Waals surface area contributed by atoms with Crippen LogP contribution < -0.4 is 0 Å². The Balaban J connectivity index is 1.37. The summed E-state index contributed by atoms with van der Waals surface area (Å²) in [4.78, 5) is 2.51. The highest BCUT2D eigenvalue weighted by atomic mass is 16.5. The lowest BCUT2D eigenvalue weighted by Crippen LogP contribution is -2.60. The summed E-state index contributed by atoms with van der Waals surface area (Å²) in [6, 6.07) is 21.6. The van der Waals surface area contributed by atoms with Crippen molar-refractivity contribution in [1.29, 1.82) is 5.26 Å². The molecule has 4 heteroatoms. The summed E-state index contributed by atoms with van der Waals surface area (Å²) in [6.45, 7) is 2.24. The molecule has 2 aliphatic heterocycles. The molecule has 2 aromatic carbocycles. The fourth-order valence-electron chi connectivity index (χ4n) is 5.02. The van der Waals surface area contributed by atoms with Crippen LogP contribution in [0.1, 0.15) is 42.4 Å². The van der Waals surface area contributed by atoms with Crippen LogP contribution in [0.3, 0.4) is 0 Å². The summed E-state index contributed by atoms with van der Waals surface area (Å²) in [5, 5.41) is 21.0. The Morgan fingerprint density at radius 2 is 1.57 bits per heavy atom. The topological polar surface area (TPSA) is 56.5 Å². The van der Waals surface area contributed by atoms with Gasteiger partial charge in [-0.3, -0.25) is 4.90 Å². The van der Waals surface area contributed by atoms with E-state index in [0.717, 1.165) is 30.5 Å². The van der Waals surface area contributed by atoms with Crippen LogP contribution in [0.4, 0.5) is 0 Å². The number of aliphatic hydroxyl groups is 1. The molecule has 2 aromatic rings. The third kappa shape index (κ3) is 3.04. The third-order valence-corrected chi connectivity index (χ3v) is 6.85. The van der Waals surface area contributed by atoms with Gasteiger partial charge in [-0.2, -0.15) is 5.26 Å². The van der Waals surface area contributed by atoms with Gasteiger partial charge in [0.05, 0.1) is 30.3 Å². The Bertz CT molecular complexity index is 869. The molecular formula is C24H26N2O2. The van der Waals surface area contributed by atoms with Crippen molar-refractivity contribution in [2.75, 3.05) is 13.2 Å². The van der Waals surface area contributed by atoms with Gasteiger partial charge < -0.3 is 9.84 Å². The molecule has 2 saturated heterocycles. The first kappa shape index (κ1) is 17.9. The van der Waals surface area contributed by atoms with Crippen molar-refractivity contribution in [3.05, 3.63) is 71.3 Å². The number of hydrogen-bond donors (Lipinski definition) is 1. The molecule has 3 aliphatic rings. The molecule has 0 radical (unpaired) electrons. The van der Waals surface area contributed by atoms with Gasteiger partial charge in [-0.05, 0) is 42.4 Å². The zero-order chi connectivity index (χ0) is 19.2. The van der Waals surface area contributed by atoms with E-state index in [4.69, 9.17) is 4.74 Å². The average molecular weight is 374 g/mol. The lowest BCUT2D eigenvalue weighted by atomic mass is 9.76. The lowest BCUT2D eigenvalue weighted by Gasteiger charge is -2.52. The average Bonchev–Trinajstić information content (AvgIpc) is 3.51. The molecule has 2 unspecified atom stereocenters. The second-order valence-electron chi connectivity index (χ2n) is 8.71. The van der Waals surface area contributed by atoms with E-state index in [9.17, 15) is 10.4 Å². The first-order chi connectivity index (χ1) is 13.6. The second kappa shape index (κ2) is 6.70. The quantitative estimate of drug-likeness (QED) is 0.890. The fourth-order valence-corrected chi connectivity index (χ4v) is 5.02. The van der Waals surface area contributed by atoms with Gasteiger partial charge >= 0.3 is 0 Å². The standard InChI is InChI=1S/C24H26N2O2/c25-17-23(10-11-23)19-6-8-20(9-7-19)24(27)12-21-15-28-16-22(13-24)26(21)14-18-4-2-1-3-5-18/h1-9,21-22,27H,10-16H2. The minimum atomic E-state index is -0.825. The lowest BCUT2D eigenvalue weighted by molar-refractivity contribution is -0.149. The summed E-state index contributed by atoms with van der Waals surface area (Å²) >= 11 is 0. The first-order valence-corrected chi connectivity index (χ1v) is 10.2. The van der Waals surface area contributed by atoms with Crippen molar-refractivity contribution in [1.82, 2.24) is 4.90 Å². The first-order valence-electron chi connectivity index (χ1n) is 10.2. The van der Waals surface area contributed by atoms with Crippen molar-refractivity contribution in [2.45, 2.75) is 55.3 Å². The van der Waals surface area contributed by atoms with Gasteiger partial charge in [-0.25, -0.2) is 0 Å². The summed E-state index contributed by atoms with van der Waals surface area (Å²) in [6.07, 6.45) is 3.25. The Kier molecular flexibility index (Phi) is 4.28. The largest absolute Gasteiger partial charge is 0.385 e. The molecule has 2 heterocycles. The monoisotopic (exact) mass is 374 g/mol. The third-order valence-electron chi connectivity index (χ3n) is 6.85. The van der Waals surface area contributed by atoms with E-state index in [1.54, 1.807) is 0 Å². The zero-order valence-corrected chi connectivity index (χ0v) is 16.1. The minimum Gasteiger partial charge on any atom is -0.385 e. The van der Waals surface area contributed by atoms with E-state index < -0.39 is 5.60 Å². The zero-order valence-electron chi connectivity index (χ0n) is 16.1. The van der Waals surface area contributed by atoms with E-state index in [1.165, 1.54) is 5.56 Å². The predicted octanol–water partition coefficient (Wildman–Crippen LogP) is 3.49. The SMILES string of the molecule is N#CC1(c2ccc(C3(O)CC4COCC(C3)N4Cc3ccccc3)cc2)CC1. The molecule has 5 rings (SSSR count). The molecule has 1 saturated carbocycles. The minimum absolute atomic E-state index is 0.214. The molecule has 144 valence electrons. The van der Waals surface area contributed by atoms with Crippen LogP contribution in [-0.4, -0.2) is 35.3 Å². The van der Waals surface area contributed by atoms with Crippen LogP contribution in [0, 0.1) is 11.3 Å². The normalized spacial score (nSPS) is 31.1. The molecule has 3 fully saturated rings. The fraction of sp³-hybridized carbons (Fsp3) is 0.458. The van der Waals surface area contributed by atoms with Gasteiger partial charge in [0.25, 0.3) is 0 Å². The van der Waals surface area contributed by atoms with Crippen molar-refractivity contribution < 1.29 is 9.84 Å². The number of nitriles is 1. The number of benzene rings is 2. The maximum atomic E-state index is 11.6. The van der Waals surface area contributed by atoms with Crippen LogP contribution in [-0.2, 0) is 22.3 Å². The number of piperidine rings is 1. The summed E-state index contributed by atoms with van der Waals surface area (Å²) in [5.41, 5.74) is 2.27. The number of hydrogen-bond acceptors (Lipinski definition) is 4. The molecule has 0 amide bonds. The molecule has 0 spiro atoms. The van der Waals surface area contributed by atoms with Crippen LogP contribution >= 0.6 is 0 Å². The van der Waals surface area contributed by atoms with E-state index in [1.807, 2.05) is 30.3 Å². The van der Waals surface area contributed by atoms with Gasteiger partial charge in [0.2, 0.25) is 0 Å². The summed E-state index contributed by atoms with van der Waals surface area (Å²) in [5.74, 6) is 0. The van der Waals surface area contributed by atoms with Gasteiger partial charge in [-0.15, -0.1) is 0 Å². The molecule has 1 N–H and O–H groups in total. The molecule has 2 atom stereocenters. The van der Waals surface area contributed by atoms with Gasteiger partial charge in [-0.1, -0.05) is 54.6 Å². The Morgan fingerprint density at radius 1 is 0.964 bits per heavy atom. The summed E-state index contributed by atoms with van der Waals surface area (Å²) in [7, 11) is 0. The van der Waals surface area contributed by atoms with Crippen LogP contribution in [0.2, 0.25) is 0 Å². The highest BCUT2D eigenvalue weighted by Gasteiger charge is 2.48. The van der Waals surface area contributed by atoms with Crippen molar-refractivity contribution in [3.63, 3.8) is 0 Å². The number of rotatable bonds is 4. The van der Waals surface area contributed by atoms with Crippen LogP contribution in [0.25, 0.3) is 0 Å². The Morgan fingerprint density at radius 3 is 2.14 bits per heavy atom. The molecule has 28 heavy (non-hydrogen) atoms. The smallest absolute Gasteiger partial charge is 0.0928 e. The molecule has 1 aliphatic carbocycles.